The van der Waals surface area contributed by atoms with Crippen LogP contribution in [0.3, 0.4) is 0 Å². The molecule has 2 heterocycles. The summed E-state index contributed by atoms with van der Waals surface area (Å²) in [6, 6.07) is 4.47. The topological polar surface area (TPSA) is 43.1 Å². The first kappa shape index (κ1) is 12.5. The Morgan fingerprint density at radius 1 is 1.21 bits per heavy atom. The van der Waals surface area contributed by atoms with Gasteiger partial charge >= 0.3 is 0 Å². The lowest BCUT2D eigenvalue weighted by molar-refractivity contribution is 0.434. The average molecular weight is 274 g/mol. The minimum atomic E-state index is 0.491. The van der Waals surface area contributed by atoms with Gasteiger partial charge in [0.05, 0.1) is 6.04 Å². The van der Waals surface area contributed by atoms with Crippen LogP contribution in [0.1, 0.15) is 32.1 Å². The molecule has 1 aliphatic carbocycles. The Balaban J connectivity index is 1.91. The standard InChI is InChI=1S/C14H18N4S/c1-18-14(16-12-5-3-2-4-6-12)19-13(17-18)11-7-9-15-10-8-11/h7-10,12H,2-6H2,1H3/b16-14-. The van der Waals surface area contributed by atoms with Crippen molar-refractivity contribution in [2.24, 2.45) is 12.0 Å². The van der Waals surface area contributed by atoms with Crippen molar-refractivity contribution in [3.63, 3.8) is 0 Å². The largest absolute Gasteiger partial charge is 0.265 e. The zero-order chi connectivity index (χ0) is 13.1. The lowest BCUT2D eigenvalue weighted by Crippen LogP contribution is -2.18. The molecule has 0 bridgehead atoms. The molecule has 0 amide bonds. The van der Waals surface area contributed by atoms with Crippen LogP contribution in [0, 0.1) is 0 Å². The summed E-state index contributed by atoms with van der Waals surface area (Å²) < 4.78 is 1.90. The van der Waals surface area contributed by atoms with Gasteiger partial charge in [-0.05, 0) is 25.0 Å². The highest BCUT2D eigenvalue weighted by Crippen LogP contribution is 2.21. The Hall–Kier alpha value is -1.49. The zero-order valence-corrected chi connectivity index (χ0v) is 11.9. The second-order valence-electron chi connectivity index (χ2n) is 4.97. The molecule has 0 radical (unpaired) electrons. The number of aryl methyl sites for hydroxylation is 1. The van der Waals surface area contributed by atoms with Crippen molar-refractivity contribution in [1.82, 2.24) is 14.8 Å². The fourth-order valence-corrected chi connectivity index (χ4v) is 3.40. The van der Waals surface area contributed by atoms with Crippen LogP contribution in [0.15, 0.2) is 29.5 Å². The first-order valence-electron chi connectivity index (χ1n) is 6.81. The molecule has 19 heavy (non-hydrogen) atoms. The van der Waals surface area contributed by atoms with Crippen molar-refractivity contribution in [1.29, 1.82) is 0 Å². The maximum atomic E-state index is 4.87. The summed E-state index contributed by atoms with van der Waals surface area (Å²) in [4.78, 5) is 9.93. The Labute approximate surface area is 116 Å². The monoisotopic (exact) mass is 274 g/mol. The fourth-order valence-electron chi connectivity index (χ4n) is 2.44. The Morgan fingerprint density at radius 2 is 1.95 bits per heavy atom. The third-order valence-electron chi connectivity index (χ3n) is 3.50. The molecule has 3 rings (SSSR count). The predicted molar refractivity (Wildman–Crippen MR) is 76.8 cm³/mol. The van der Waals surface area contributed by atoms with Gasteiger partial charge in [-0.25, -0.2) is 4.68 Å². The van der Waals surface area contributed by atoms with Crippen LogP contribution in [0.2, 0.25) is 0 Å². The van der Waals surface area contributed by atoms with Crippen LogP contribution in [-0.4, -0.2) is 20.8 Å². The van der Waals surface area contributed by atoms with Crippen molar-refractivity contribution < 1.29 is 0 Å². The van der Waals surface area contributed by atoms with Crippen molar-refractivity contribution in [3.05, 3.63) is 29.3 Å². The number of rotatable bonds is 2. The van der Waals surface area contributed by atoms with E-state index in [9.17, 15) is 0 Å². The molecule has 5 heteroatoms. The van der Waals surface area contributed by atoms with Crippen LogP contribution in [0.25, 0.3) is 10.6 Å². The third-order valence-corrected chi connectivity index (χ3v) is 4.56. The van der Waals surface area contributed by atoms with Gasteiger partial charge in [-0.15, -0.1) is 0 Å². The average Bonchev–Trinajstić information content (AvgIpc) is 2.82. The van der Waals surface area contributed by atoms with Crippen LogP contribution in [0.4, 0.5) is 0 Å². The van der Waals surface area contributed by atoms with E-state index in [4.69, 9.17) is 4.99 Å². The van der Waals surface area contributed by atoms with E-state index >= 15 is 0 Å². The summed E-state index contributed by atoms with van der Waals surface area (Å²) in [7, 11) is 1.98. The summed E-state index contributed by atoms with van der Waals surface area (Å²) in [6.45, 7) is 0. The summed E-state index contributed by atoms with van der Waals surface area (Å²) in [5.74, 6) is 0. The van der Waals surface area contributed by atoms with Crippen LogP contribution in [0.5, 0.6) is 0 Å². The number of pyridine rings is 1. The molecule has 0 saturated heterocycles. The van der Waals surface area contributed by atoms with E-state index in [-0.39, 0.29) is 0 Å². The van der Waals surface area contributed by atoms with E-state index in [2.05, 4.69) is 10.1 Å². The van der Waals surface area contributed by atoms with Crippen molar-refractivity contribution in [2.75, 3.05) is 0 Å². The Morgan fingerprint density at radius 3 is 2.68 bits per heavy atom. The van der Waals surface area contributed by atoms with Gasteiger partial charge in [0.1, 0.15) is 5.01 Å². The van der Waals surface area contributed by atoms with Gasteiger partial charge in [-0.3, -0.25) is 9.98 Å². The molecular weight excluding hydrogens is 256 g/mol. The lowest BCUT2D eigenvalue weighted by atomic mass is 9.96. The van der Waals surface area contributed by atoms with E-state index in [1.807, 2.05) is 23.9 Å². The minimum absolute atomic E-state index is 0.491. The molecule has 1 aliphatic rings. The van der Waals surface area contributed by atoms with Gasteiger partial charge in [0.25, 0.3) is 0 Å². The van der Waals surface area contributed by atoms with E-state index in [1.54, 1.807) is 23.7 Å². The maximum Gasteiger partial charge on any atom is 0.203 e. The molecule has 0 aromatic carbocycles. The molecule has 0 aliphatic heterocycles. The molecule has 4 nitrogen and oxygen atoms in total. The molecule has 100 valence electrons. The first-order valence-corrected chi connectivity index (χ1v) is 7.63. The molecule has 0 spiro atoms. The van der Waals surface area contributed by atoms with E-state index in [0.29, 0.717) is 6.04 Å². The SMILES string of the molecule is Cn1nc(-c2ccncc2)s/c1=N\C1CCCCC1. The Kier molecular flexibility index (Phi) is 3.73. The van der Waals surface area contributed by atoms with Crippen molar-refractivity contribution in [3.8, 4) is 10.6 Å². The fraction of sp³-hybridized carbons (Fsp3) is 0.500. The molecule has 0 atom stereocenters. The number of hydrogen-bond donors (Lipinski definition) is 0. The molecule has 2 aromatic rings. The number of nitrogens with zero attached hydrogens (tertiary/aromatic N) is 4. The second kappa shape index (κ2) is 5.65. The highest BCUT2D eigenvalue weighted by Gasteiger charge is 2.13. The van der Waals surface area contributed by atoms with Gasteiger partial charge in [-0.1, -0.05) is 30.6 Å². The second-order valence-corrected chi connectivity index (χ2v) is 5.93. The van der Waals surface area contributed by atoms with Gasteiger partial charge in [0.15, 0.2) is 0 Å². The zero-order valence-electron chi connectivity index (χ0n) is 11.1. The smallest absolute Gasteiger partial charge is 0.203 e. The molecule has 0 unspecified atom stereocenters. The van der Waals surface area contributed by atoms with E-state index in [0.717, 1.165) is 15.4 Å². The summed E-state index contributed by atoms with van der Waals surface area (Å²) in [5, 5.41) is 5.57. The first-order chi connectivity index (χ1) is 9.33. The van der Waals surface area contributed by atoms with Crippen LogP contribution in [-0.2, 0) is 7.05 Å². The van der Waals surface area contributed by atoms with Gasteiger partial charge in [0, 0.05) is 25.0 Å². The molecule has 0 N–H and O–H groups in total. The molecular formula is C14H18N4S. The summed E-state index contributed by atoms with van der Waals surface area (Å²) >= 11 is 1.66. The van der Waals surface area contributed by atoms with Crippen LogP contribution < -0.4 is 4.80 Å². The highest BCUT2D eigenvalue weighted by molar-refractivity contribution is 7.12. The number of aromatic nitrogens is 3. The lowest BCUT2D eigenvalue weighted by Gasteiger charge is -2.16. The van der Waals surface area contributed by atoms with E-state index < -0.39 is 0 Å². The maximum absolute atomic E-state index is 4.87. The summed E-state index contributed by atoms with van der Waals surface area (Å²) in [5.41, 5.74) is 1.11. The highest BCUT2D eigenvalue weighted by atomic mass is 32.1. The third kappa shape index (κ3) is 2.92. The van der Waals surface area contributed by atoms with Gasteiger partial charge in [0.2, 0.25) is 4.80 Å². The predicted octanol–water partition coefficient (Wildman–Crippen LogP) is 2.78. The molecule has 2 aromatic heterocycles. The molecule has 1 fully saturated rings. The number of hydrogen-bond acceptors (Lipinski definition) is 4. The van der Waals surface area contributed by atoms with E-state index in [1.165, 1.54) is 32.1 Å². The summed E-state index contributed by atoms with van der Waals surface area (Å²) in [6.07, 6.45) is 10.0. The van der Waals surface area contributed by atoms with Gasteiger partial charge in [-0.2, -0.15) is 5.10 Å². The Bertz CT molecular complexity index is 593. The van der Waals surface area contributed by atoms with Crippen molar-refractivity contribution >= 4 is 11.3 Å². The van der Waals surface area contributed by atoms with Crippen LogP contribution >= 0.6 is 11.3 Å². The van der Waals surface area contributed by atoms with Crippen molar-refractivity contribution in [2.45, 2.75) is 38.1 Å². The minimum Gasteiger partial charge on any atom is -0.265 e. The van der Waals surface area contributed by atoms with Gasteiger partial charge < -0.3 is 0 Å². The normalized spacial score (nSPS) is 17.8. The quantitative estimate of drug-likeness (QED) is 0.845. The molecule has 1 saturated carbocycles.